The van der Waals surface area contributed by atoms with Crippen LogP contribution in [0.3, 0.4) is 0 Å². The Balaban J connectivity index is 0.964. The lowest BCUT2D eigenvalue weighted by molar-refractivity contribution is 0.573. The first-order valence-corrected chi connectivity index (χ1v) is 19.3. The summed E-state index contributed by atoms with van der Waals surface area (Å²) in [6, 6.07) is 58.8. The molecule has 12 rings (SSSR count). The van der Waals surface area contributed by atoms with Crippen LogP contribution in [0, 0.1) is 0 Å². The summed E-state index contributed by atoms with van der Waals surface area (Å²) < 4.78 is 12.9. The fourth-order valence-electron chi connectivity index (χ4n) is 8.94. The number of nitrogens with zero attached hydrogens (tertiary/aromatic N) is 4. The maximum Gasteiger partial charge on any atom is 0.164 e. The lowest BCUT2D eigenvalue weighted by Gasteiger charge is -2.31. The van der Waals surface area contributed by atoms with Gasteiger partial charge < -0.3 is 13.7 Å². The fraction of sp³-hybridized carbons (Fsp3) is 0.0392. The van der Waals surface area contributed by atoms with Crippen LogP contribution in [0.15, 0.2) is 185 Å². The Kier molecular flexibility index (Phi) is 6.95. The highest BCUT2D eigenvalue weighted by molar-refractivity contribution is 6.13. The van der Waals surface area contributed by atoms with Gasteiger partial charge in [-0.2, -0.15) is 0 Å². The Labute approximate surface area is 328 Å². The molecule has 2 aliphatic rings. The topological polar surface area (TPSA) is 68.2 Å². The van der Waals surface area contributed by atoms with E-state index >= 15 is 0 Å². The number of anilines is 2. The Morgan fingerprint density at radius 1 is 0.474 bits per heavy atom. The number of aromatic nitrogens is 3. The van der Waals surface area contributed by atoms with Gasteiger partial charge in [0, 0.05) is 55.7 Å². The van der Waals surface area contributed by atoms with Crippen LogP contribution in [0.1, 0.15) is 28.8 Å². The molecule has 0 spiro atoms. The van der Waals surface area contributed by atoms with Crippen LogP contribution in [-0.4, -0.2) is 15.0 Å². The van der Waals surface area contributed by atoms with Crippen molar-refractivity contribution in [3.05, 3.63) is 193 Å². The maximum absolute atomic E-state index is 6.49. The van der Waals surface area contributed by atoms with Gasteiger partial charge in [0.05, 0.1) is 6.04 Å². The lowest BCUT2D eigenvalue weighted by Crippen LogP contribution is -2.23. The van der Waals surface area contributed by atoms with Crippen LogP contribution in [-0.2, 0) is 0 Å². The van der Waals surface area contributed by atoms with Crippen LogP contribution in [0.25, 0.3) is 84.3 Å². The van der Waals surface area contributed by atoms with Gasteiger partial charge in [-0.15, -0.1) is 0 Å². The largest absolute Gasteiger partial charge is 0.456 e. The quantitative estimate of drug-likeness (QED) is 0.175. The minimum absolute atomic E-state index is 0.0577. The van der Waals surface area contributed by atoms with Crippen molar-refractivity contribution < 1.29 is 8.83 Å². The lowest BCUT2D eigenvalue weighted by atomic mass is 9.84. The van der Waals surface area contributed by atoms with E-state index in [0.29, 0.717) is 17.5 Å². The molecule has 0 saturated heterocycles. The summed E-state index contributed by atoms with van der Waals surface area (Å²) in [7, 11) is 0. The zero-order valence-electron chi connectivity index (χ0n) is 30.6. The number of rotatable bonds is 5. The van der Waals surface area contributed by atoms with Crippen molar-refractivity contribution in [2.24, 2.45) is 0 Å². The highest BCUT2D eigenvalue weighted by Gasteiger charge is 2.43. The molecule has 0 amide bonds. The number of benzene rings is 7. The molecule has 2 unspecified atom stereocenters. The second kappa shape index (κ2) is 12.5. The van der Waals surface area contributed by atoms with E-state index in [9.17, 15) is 0 Å². The summed E-state index contributed by atoms with van der Waals surface area (Å²) in [6.45, 7) is 0. The molecule has 2 atom stereocenters. The van der Waals surface area contributed by atoms with Gasteiger partial charge in [0.15, 0.2) is 17.5 Å². The van der Waals surface area contributed by atoms with Crippen molar-refractivity contribution in [2.45, 2.75) is 12.0 Å². The zero-order valence-corrected chi connectivity index (χ0v) is 30.6. The van der Waals surface area contributed by atoms with Crippen LogP contribution < -0.4 is 4.90 Å². The smallest absolute Gasteiger partial charge is 0.164 e. The minimum atomic E-state index is 0.0577. The SMILES string of the molecule is C1=CC2c3ccccc3N(c3ccc(-c4nc(-c5ccccc5)nc(-c5ccc6c(c5)oc5cccc(-c7ccccc7)c56)n4)cc3)C2c2c1oc1ccccc21. The molecular weight excluding hydrogens is 701 g/mol. The van der Waals surface area contributed by atoms with Crippen LogP contribution in [0.5, 0.6) is 0 Å². The Bertz CT molecular complexity index is 3200. The second-order valence-corrected chi connectivity index (χ2v) is 14.7. The molecule has 0 saturated carbocycles. The van der Waals surface area contributed by atoms with E-state index in [1.807, 2.05) is 54.6 Å². The number of hydrogen-bond acceptors (Lipinski definition) is 6. The molecule has 0 N–H and O–H groups in total. The average Bonchev–Trinajstić information content (AvgIpc) is 3.96. The molecule has 3 aromatic heterocycles. The average molecular weight is 733 g/mol. The highest BCUT2D eigenvalue weighted by atomic mass is 16.3. The summed E-state index contributed by atoms with van der Waals surface area (Å²) in [5.74, 6) is 2.92. The molecule has 7 aromatic carbocycles. The van der Waals surface area contributed by atoms with Gasteiger partial charge in [0.2, 0.25) is 0 Å². The van der Waals surface area contributed by atoms with Gasteiger partial charge in [-0.05, 0) is 77.4 Å². The van der Waals surface area contributed by atoms with Crippen molar-refractivity contribution in [2.75, 3.05) is 4.90 Å². The second-order valence-electron chi connectivity index (χ2n) is 14.7. The third kappa shape index (κ3) is 5.00. The third-order valence-electron chi connectivity index (χ3n) is 11.5. The van der Waals surface area contributed by atoms with E-state index < -0.39 is 0 Å². The van der Waals surface area contributed by atoms with Crippen molar-refractivity contribution in [1.29, 1.82) is 0 Å². The molecule has 6 nitrogen and oxygen atoms in total. The van der Waals surface area contributed by atoms with E-state index in [0.717, 1.165) is 72.2 Å². The summed E-state index contributed by atoms with van der Waals surface area (Å²) >= 11 is 0. The van der Waals surface area contributed by atoms with Crippen LogP contribution in [0.4, 0.5) is 11.4 Å². The standard InChI is InChI=1S/C51H32N4O2/c1-3-12-31(13-4-1)36-18-11-21-43-46(36)40-27-24-34(30-45(40)57-43)51-53-49(32-14-5-2-6-15-32)52-50(54-51)33-22-25-35(26-23-33)55-41-19-9-7-16-37(41)38-28-29-44-47(48(38)55)39-17-8-10-20-42(39)56-44/h1-30,38,48H. The predicted molar refractivity (Wildman–Crippen MR) is 228 cm³/mol. The first-order valence-electron chi connectivity index (χ1n) is 19.3. The third-order valence-corrected chi connectivity index (χ3v) is 11.5. The van der Waals surface area contributed by atoms with Gasteiger partial charge in [-0.1, -0.05) is 121 Å². The first kappa shape index (κ1) is 31.7. The predicted octanol–water partition coefficient (Wildman–Crippen LogP) is 13.2. The summed E-state index contributed by atoms with van der Waals surface area (Å²) in [6.07, 6.45) is 4.45. The number of furan rings is 2. The van der Waals surface area contributed by atoms with Crippen LogP contribution >= 0.6 is 0 Å². The molecule has 1 aliphatic carbocycles. The van der Waals surface area contributed by atoms with E-state index in [4.69, 9.17) is 23.8 Å². The number of fused-ring (bicyclic) bond motifs is 10. The van der Waals surface area contributed by atoms with Crippen molar-refractivity contribution >= 4 is 50.4 Å². The molecule has 1 aliphatic heterocycles. The molecule has 6 heteroatoms. The van der Waals surface area contributed by atoms with Crippen molar-refractivity contribution in [3.63, 3.8) is 0 Å². The highest BCUT2D eigenvalue weighted by Crippen LogP contribution is 2.57. The molecule has 0 bridgehead atoms. The maximum atomic E-state index is 6.49. The monoisotopic (exact) mass is 732 g/mol. The summed E-state index contributed by atoms with van der Waals surface area (Å²) in [4.78, 5) is 17.7. The summed E-state index contributed by atoms with van der Waals surface area (Å²) in [5.41, 5.74) is 12.3. The normalized spacial score (nSPS) is 15.6. The van der Waals surface area contributed by atoms with E-state index in [1.54, 1.807) is 0 Å². The Morgan fingerprint density at radius 3 is 1.93 bits per heavy atom. The minimum Gasteiger partial charge on any atom is -0.456 e. The Hall–Kier alpha value is -7.57. The van der Waals surface area contributed by atoms with Crippen molar-refractivity contribution in [1.82, 2.24) is 15.0 Å². The molecular formula is C51H32N4O2. The molecule has 0 radical (unpaired) electrons. The van der Waals surface area contributed by atoms with E-state index in [-0.39, 0.29) is 12.0 Å². The van der Waals surface area contributed by atoms with E-state index in [1.165, 1.54) is 16.8 Å². The summed E-state index contributed by atoms with van der Waals surface area (Å²) in [5, 5.41) is 3.31. The van der Waals surface area contributed by atoms with Crippen molar-refractivity contribution in [3.8, 4) is 45.3 Å². The number of hydrogen-bond donors (Lipinski definition) is 0. The van der Waals surface area contributed by atoms with Gasteiger partial charge >= 0.3 is 0 Å². The molecule has 0 fully saturated rings. The van der Waals surface area contributed by atoms with Crippen LogP contribution in [0.2, 0.25) is 0 Å². The first-order chi connectivity index (χ1) is 28.2. The molecule has 268 valence electrons. The Morgan fingerprint density at radius 2 is 1.12 bits per heavy atom. The van der Waals surface area contributed by atoms with Gasteiger partial charge in [0.25, 0.3) is 0 Å². The zero-order chi connectivity index (χ0) is 37.5. The fourth-order valence-corrected chi connectivity index (χ4v) is 8.94. The molecule has 4 heterocycles. The number of para-hydroxylation sites is 2. The van der Waals surface area contributed by atoms with E-state index in [2.05, 4.69) is 132 Å². The van der Waals surface area contributed by atoms with Gasteiger partial charge in [0.1, 0.15) is 22.5 Å². The molecule has 10 aromatic rings. The van der Waals surface area contributed by atoms with Gasteiger partial charge in [-0.3, -0.25) is 0 Å². The molecule has 57 heavy (non-hydrogen) atoms. The van der Waals surface area contributed by atoms with Gasteiger partial charge in [-0.25, -0.2) is 15.0 Å².